The summed E-state index contributed by atoms with van der Waals surface area (Å²) in [5, 5.41) is 3.92. The van der Waals surface area contributed by atoms with Gasteiger partial charge in [0, 0.05) is 44.8 Å². The topological polar surface area (TPSA) is 48.5 Å². The maximum absolute atomic E-state index is 13.4. The first-order valence-electron chi connectivity index (χ1n) is 9.06. The number of nitrogens with zero attached hydrogens (tertiary/aromatic N) is 3. The number of carbonyl (C=O) groups is 1. The Morgan fingerprint density at radius 1 is 1.11 bits per heavy atom. The highest BCUT2D eigenvalue weighted by atomic mass is 32.1. The molecule has 0 saturated carbocycles. The summed E-state index contributed by atoms with van der Waals surface area (Å²) >= 11 is 1.54. The molecule has 1 aromatic heterocycles. The van der Waals surface area contributed by atoms with Crippen LogP contribution in [0.15, 0.2) is 48.5 Å². The van der Waals surface area contributed by atoms with Crippen LogP contribution in [0.4, 0.5) is 9.52 Å². The van der Waals surface area contributed by atoms with Crippen molar-refractivity contribution >= 4 is 32.6 Å². The van der Waals surface area contributed by atoms with Crippen LogP contribution in [0.2, 0.25) is 0 Å². The average Bonchev–Trinajstić information content (AvgIpc) is 3.12. The highest BCUT2D eigenvalue weighted by molar-refractivity contribution is 7.22. The quantitative estimate of drug-likeness (QED) is 0.735. The second-order valence-corrected chi connectivity index (χ2v) is 7.57. The van der Waals surface area contributed by atoms with Crippen molar-refractivity contribution in [2.24, 2.45) is 0 Å². The maximum Gasteiger partial charge on any atom is 0.251 e. The molecule has 1 fully saturated rings. The molecule has 2 heterocycles. The van der Waals surface area contributed by atoms with Gasteiger partial charge in [-0.15, -0.1) is 0 Å². The fourth-order valence-corrected chi connectivity index (χ4v) is 4.25. The van der Waals surface area contributed by atoms with Gasteiger partial charge < -0.3 is 10.2 Å². The van der Waals surface area contributed by atoms with Crippen molar-refractivity contribution in [3.63, 3.8) is 0 Å². The summed E-state index contributed by atoms with van der Waals surface area (Å²) in [6.45, 7) is 5.08. The van der Waals surface area contributed by atoms with Gasteiger partial charge in [-0.1, -0.05) is 29.5 Å². The summed E-state index contributed by atoms with van der Waals surface area (Å²) in [4.78, 5) is 21.3. The summed E-state index contributed by atoms with van der Waals surface area (Å²) in [7, 11) is 0. The molecule has 0 unspecified atom stereocenters. The molecule has 140 valence electrons. The molecular weight excluding hydrogens is 363 g/mol. The Morgan fingerprint density at radius 3 is 2.67 bits per heavy atom. The Hall–Kier alpha value is -2.51. The first kappa shape index (κ1) is 17.9. The lowest BCUT2D eigenvalue weighted by molar-refractivity contribution is 0.0948. The van der Waals surface area contributed by atoms with Crippen molar-refractivity contribution in [2.75, 3.05) is 44.2 Å². The number of fused-ring (bicyclic) bond motifs is 1. The number of hydrogen-bond acceptors (Lipinski definition) is 5. The number of nitrogens with one attached hydrogen (secondary N) is 1. The third-order valence-corrected chi connectivity index (χ3v) is 5.81. The first-order chi connectivity index (χ1) is 13.2. The molecule has 0 spiro atoms. The number of rotatable bonds is 5. The third kappa shape index (κ3) is 4.26. The van der Waals surface area contributed by atoms with Crippen molar-refractivity contribution < 1.29 is 9.18 Å². The van der Waals surface area contributed by atoms with E-state index in [1.807, 2.05) is 30.3 Å². The van der Waals surface area contributed by atoms with Gasteiger partial charge in [0.25, 0.3) is 5.91 Å². The average molecular weight is 384 g/mol. The van der Waals surface area contributed by atoms with Crippen LogP contribution in [0.25, 0.3) is 10.2 Å². The number of hydrogen-bond donors (Lipinski definition) is 1. The van der Waals surface area contributed by atoms with Gasteiger partial charge in [0.2, 0.25) is 0 Å². The van der Waals surface area contributed by atoms with E-state index in [0.29, 0.717) is 12.1 Å². The Bertz CT molecular complexity index is 922. The first-order valence-corrected chi connectivity index (χ1v) is 9.87. The second kappa shape index (κ2) is 8.02. The lowest BCUT2D eigenvalue weighted by atomic mass is 10.2. The summed E-state index contributed by atoms with van der Waals surface area (Å²) in [5.74, 6) is -0.254. The van der Waals surface area contributed by atoms with E-state index in [4.69, 9.17) is 0 Å². The zero-order chi connectivity index (χ0) is 18.6. The number of thiazole rings is 1. The Morgan fingerprint density at radius 2 is 1.89 bits per heavy atom. The van der Waals surface area contributed by atoms with Gasteiger partial charge in [0.15, 0.2) is 5.13 Å². The van der Waals surface area contributed by atoms with Crippen molar-refractivity contribution in [3.8, 4) is 0 Å². The Labute approximate surface area is 161 Å². The van der Waals surface area contributed by atoms with Crippen molar-refractivity contribution in [2.45, 2.75) is 0 Å². The number of piperazine rings is 1. The molecule has 4 rings (SSSR count). The molecule has 0 atom stereocenters. The van der Waals surface area contributed by atoms with Crippen LogP contribution < -0.4 is 10.2 Å². The van der Waals surface area contributed by atoms with Gasteiger partial charge >= 0.3 is 0 Å². The van der Waals surface area contributed by atoms with Gasteiger partial charge in [-0.2, -0.15) is 0 Å². The summed E-state index contributed by atoms with van der Waals surface area (Å²) in [5.41, 5.74) is 1.54. The zero-order valence-electron chi connectivity index (χ0n) is 14.9. The summed E-state index contributed by atoms with van der Waals surface area (Å²) in [6.07, 6.45) is 0. The molecular formula is C20H21FN4OS. The largest absolute Gasteiger partial charge is 0.351 e. The van der Waals surface area contributed by atoms with Gasteiger partial charge in [-0.05, 0) is 30.3 Å². The fraction of sp³-hybridized carbons (Fsp3) is 0.300. The third-order valence-electron chi connectivity index (χ3n) is 4.73. The molecule has 0 radical (unpaired) electrons. The molecule has 1 N–H and O–H groups in total. The molecule has 3 aromatic rings. The minimum absolute atomic E-state index is 0.0315. The number of aromatic nitrogens is 1. The normalized spacial score (nSPS) is 15.2. The van der Waals surface area contributed by atoms with E-state index in [-0.39, 0.29) is 11.7 Å². The van der Waals surface area contributed by atoms with E-state index >= 15 is 0 Å². The molecule has 7 heteroatoms. The number of carbonyl (C=O) groups excluding carboxylic acids is 1. The van der Waals surface area contributed by atoms with Crippen LogP contribution in [0.1, 0.15) is 10.4 Å². The molecule has 0 bridgehead atoms. The Kier molecular flexibility index (Phi) is 5.31. The maximum atomic E-state index is 13.4. The summed E-state index contributed by atoms with van der Waals surface area (Å²) in [6, 6.07) is 14.0. The van der Waals surface area contributed by atoms with Crippen LogP contribution in [0, 0.1) is 5.82 Å². The van der Waals surface area contributed by atoms with E-state index < -0.39 is 0 Å². The minimum Gasteiger partial charge on any atom is -0.351 e. The van der Waals surface area contributed by atoms with Crippen molar-refractivity contribution in [1.82, 2.24) is 15.2 Å². The molecule has 2 aromatic carbocycles. The van der Waals surface area contributed by atoms with E-state index in [9.17, 15) is 9.18 Å². The molecule has 1 amide bonds. The van der Waals surface area contributed by atoms with Gasteiger partial charge in [0.05, 0.1) is 10.2 Å². The highest BCUT2D eigenvalue weighted by Crippen LogP contribution is 2.29. The van der Waals surface area contributed by atoms with Crippen molar-refractivity contribution in [3.05, 3.63) is 59.9 Å². The lowest BCUT2D eigenvalue weighted by Crippen LogP contribution is -2.48. The van der Waals surface area contributed by atoms with Gasteiger partial charge in [-0.3, -0.25) is 9.69 Å². The Balaban J connectivity index is 1.25. The molecule has 27 heavy (non-hydrogen) atoms. The highest BCUT2D eigenvalue weighted by Gasteiger charge is 2.20. The lowest BCUT2D eigenvalue weighted by Gasteiger charge is -2.34. The smallest absolute Gasteiger partial charge is 0.251 e. The number of amides is 1. The molecule has 1 aliphatic heterocycles. The zero-order valence-corrected chi connectivity index (χ0v) is 15.7. The molecule has 1 saturated heterocycles. The van der Waals surface area contributed by atoms with Gasteiger partial charge in [-0.25, -0.2) is 9.37 Å². The van der Waals surface area contributed by atoms with Crippen LogP contribution in [0.3, 0.4) is 0 Å². The van der Waals surface area contributed by atoms with Crippen LogP contribution in [0.5, 0.6) is 0 Å². The van der Waals surface area contributed by atoms with Crippen LogP contribution >= 0.6 is 11.3 Å². The van der Waals surface area contributed by atoms with E-state index in [1.54, 1.807) is 12.1 Å². The monoisotopic (exact) mass is 384 g/mol. The SMILES string of the molecule is O=C(NCCN1CCN(c2nc3ccc(F)cc3s2)CC1)c1ccccc1. The standard InChI is InChI=1S/C20H21FN4OS/c21-16-6-7-17-18(14-16)27-20(23-17)25-12-10-24(11-13-25)9-8-22-19(26)15-4-2-1-3-5-15/h1-7,14H,8-13H2,(H,22,26). The molecule has 0 aliphatic carbocycles. The minimum atomic E-state index is -0.222. The van der Waals surface area contributed by atoms with E-state index in [1.165, 1.54) is 17.4 Å². The van der Waals surface area contributed by atoms with E-state index in [0.717, 1.165) is 48.1 Å². The number of benzene rings is 2. The van der Waals surface area contributed by atoms with Crippen LogP contribution in [-0.4, -0.2) is 55.1 Å². The number of halogens is 1. The van der Waals surface area contributed by atoms with E-state index in [2.05, 4.69) is 20.1 Å². The second-order valence-electron chi connectivity index (χ2n) is 6.56. The fourth-order valence-electron chi connectivity index (χ4n) is 3.20. The van der Waals surface area contributed by atoms with Crippen molar-refractivity contribution in [1.29, 1.82) is 0 Å². The van der Waals surface area contributed by atoms with Crippen LogP contribution in [-0.2, 0) is 0 Å². The predicted molar refractivity (Wildman–Crippen MR) is 107 cm³/mol. The predicted octanol–water partition coefficient (Wildman–Crippen LogP) is 2.99. The number of anilines is 1. The summed E-state index contributed by atoms with van der Waals surface area (Å²) < 4.78 is 14.2. The van der Waals surface area contributed by atoms with Gasteiger partial charge in [0.1, 0.15) is 5.82 Å². The molecule has 5 nitrogen and oxygen atoms in total. The molecule has 1 aliphatic rings.